The predicted octanol–water partition coefficient (Wildman–Crippen LogP) is 4.64. The number of hydrogen-bond donors (Lipinski definition) is 2. The highest BCUT2D eigenvalue weighted by Crippen LogP contribution is 2.48. The number of ether oxygens (including phenoxy) is 3. The van der Waals surface area contributed by atoms with Gasteiger partial charge < -0.3 is 34.2 Å². The fraction of sp³-hybridized carbons (Fsp3) is 0.590. The van der Waals surface area contributed by atoms with Crippen molar-refractivity contribution in [2.75, 3.05) is 77.6 Å². The van der Waals surface area contributed by atoms with Gasteiger partial charge in [0, 0.05) is 56.8 Å². The van der Waals surface area contributed by atoms with Crippen LogP contribution in [0.25, 0.3) is 0 Å². The van der Waals surface area contributed by atoms with E-state index < -0.39 is 23.9 Å². The minimum absolute atomic E-state index is 0.0543. The molecule has 2 bridgehead atoms. The Morgan fingerprint density at radius 2 is 1.96 bits per heavy atom. The molecular weight excluding hydrogens is 658 g/mol. The number of carbonyl (C=O) groups is 2. The minimum Gasteiger partial charge on any atom is -0.490 e. The largest absolute Gasteiger partial charge is 0.490 e. The molecule has 0 unspecified atom stereocenters. The van der Waals surface area contributed by atoms with E-state index in [0.717, 1.165) is 82.2 Å². The van der Waals surface area contributed by atoms with Crippen molar-refractivity contribution in [2.24, 2.45) is 11.8 Å². The molecule has 0 aromatic heterocycles. The predicted molar refractivity (Wildman–Crippen MR) is 191 cm³/mol. The van der Waals surface area contributed by atoms with Crippen molar-refractivity contribution in [3.05, 3.63) is 70.3 Å². The number of amides is 1. The molecule has 7 rings (SSSR count). The summed E-state index contributed by atoms with van der Waals surface area (Å²) in [5.41, 5.74) is 0.729. The molecule has 1 amide bonds. The van der Waals surface area contributed by atoms with Gasteiger partial charge in [0.2, 0.25) is 5.91 Å². The molecule has 270 valence electrons. The number of fused-ring (bicyclic) bond motifs is 4. The number of rotatable bonds is 5. The van der Waals surface area contributed by atoms with Crippen molar-refractivity contribution in [2.45, 2.75) is 62.1 Å². The first kappa shape index (κ1) is 35.3. The first-order valence-corrected chi connectivity index (χ1v) is 18.6. The van der Waals surface area contributed by atoms with E-state index in [2.05, 4.69) is 34.1 Å². The molecule has 1 saturated carbocycles. The van der Waals surface area contributed by atoms with Crippen LogP contribution in [0, 0.1) is 11.8 Å². The van der Waals surface area contributed by atoms with Gasteiger partial charge in [0.1, 0.15) is 5.75 Å². The average Bonchev–Trinajstić information content (AvgIpc) is 3.24. The van der Waals surface area contributed by atoms with Crippen LogP contribution in [0.1, 0.15) is 55.2 Å². The van der Waals surface area contributed by atoms with Gasteiger partial charge in [-0.15, -0.1) is 0 Å². The van der Waals surface area contributed by atoms with E-state index in [0.29, 0.717) is 50.3 Å². The Bertz CT molecular complexity index is 1600. The quantitative estimate of drug-likeness (QED) is 0.430. The second kappa shape index (κ2) is 14.8. The summed E-state index contributed by atoms with van der Waals surface area (Å²) in [6.07, 6.45) is 9.27. The van der Waals surface area contributed by atoms with Crippen molar-refractivity contribution >= 4 is 29.2 Å². The van der Waals surface area contributed by atoms with Crippen molar-refractivity contribution < 1.29 is 34.0 Å². The van der Waals surface area contributed by atoms with E-state index in [1.165, 1.54) is 16.0 Å². The second-order valence-electron chi connectivity index (χ2n) is 15.0. The standard InChI is InChI=1S/C39H50ClN3O7/c1-41-14-3-2-6-34(49-20-17-42-15-18-48-19-16-42)31-10-7-28(31)24-43-25-38(13-4-5-27-21-30(40)9-11-32(27)38)26-50-35-12-8-29(22-33(35)43)39(47,37(45)46)23-36(41)44/h2,6,8-9,11-12,21-22,28,31,34,47H,3-5,7,10,13-20,23-26H2,1H3,(H,45,46)/b6-2-/t28-,31+,34-,38-,39+/m0/s1. The Morgan fingerprint density at radius 1 is 1.12 bits per heavy atom. The maximum atomic E-state index is 13.4. The van der Waals surface area contributed by atoms with E-state index in [9.17, 15) is 19.8 Å². The highest BCUT2D eigenvalue weighted by molar-refractivity contribution is 6.30. The molecule has 2 fully saturated rings. The number of hydrogen-bond acceptors (Lipinski definition) is 8. The lowest BCUT2D eigenvalue weighted by Crippen LogP contribution is -2.50. The van der Waals surface area contributed by atoms with Crippen LogP contribution >= 0.6 is 11.6 Å². The van der Waals surface area contributed by atoms with Crippen LogP contribution in [0.4, 0.5) is 5.69 Å². The number of aliphatic carboxylic acids is 1. The van der Waals surface area contributed by atoms with Crippen LogP contribution in [0.5, 0.6) is 5.75 Å². The first-order valence-electron chi connectivity index (χ1n) is 18.2. The summed E-state index contributed by atoms with van der Waals surface area (Å²) in [7, 11) is 1.65. The molecule has 11 heteroatoms. The van der Waals surface area contributed by atoms with E-state index in [-0.39, 0.29) is 17.1 Å². The number of anilines is 1. The summed E-state index contributed by atoms with van der Waals surface area (Å²) in [4.78, 5) is 32.3. The molecule has 3 heterocycles. The summed E-state index contributed by atoms with van der Waals surface area (Å²) < 4.78 is 18.8. The number of benzene rings is 2. The van der Waals surface area contributed by atoms with Gasteiger partial charge in [0.05, 0.1) is 44.6 Å². The Morgan fingerprint density at radius 3 is 2.74 bits per heavy atom. The smallest absolute Gasteiger partial charge is 0.340 e. The fourth-order valence-electron chi connectivity index (χ4n) is 8.65. The molecule has 2 aromatic rings. The molecule has 2 aliphatic carbocycles. The van der Waals surface area contributed by atoms with Crippen molar-refractivity contribution in [1.82, 2.24) is 9.80 Å². The van der Waals surface area contributed by atoms with E-state index in [4.69, 9.17) is 25.8 Å². The Labute approximate surface area is 299 Å². The topological polar surface area (TPSA) is 112 Å². The highest BCUT2D eigenvalue weighted by atomic mass is 35.5. The Hall–Kier alpha value is -3.15. The van der Waals surface area contributed by atoms with E-state index >= 15 is 0 Å². The number of carboxylic acid groups (broad SMARTS) is 1. The van der Waals surface area contributed by atoms with Crippen LogP contribution in [-0.4, -0.2) is 111 Å². The molecule has 5 aliphatic rings. The summed E-state index contributed by atoms with van der Waals surface area (Å²) in [6, 6.07) is 11.3. The molecule has 1 saturated heterocycles. The number of halogens is 1. The lowest BCUT2D eigenvalue weighted by molar-refractivity contribution is -0.164. The van der Waals surface area contributed by atoms with Gasteiger partial charge in [-0.05, 0) is 91.3 Å². The number of nitrogens with zero attached hydrogens (tertiary/aromatic N) is 3. The Balaban J connectivity index is 1.25. The second-order valence-corrected chi connectivity index (χ2v) is 15.4. The van der Waals surface area contributed by atoms with Crippen LogP contribution in [0.15, 0.2) is 48.6 Å². The number of aliphatic hydroxyl groups is 1. The van der Waals surface area contributed by atoms with Crippen molar-refractivity contribution in [1.29, 1.82) is 0 Å². The minimum atomic E-state index is -2.39. The third kappa shape index (κ3) is 7.15. The number of carbonyl (C=O) groups excluding carboxylic acids is 1. The third-order valence-corrected chi connectivity index (χ3v) is 12.1. The monoisotopic (exact) mass is 707 g/mol. The highest BCUT2D eigenvalue weighted by Gasteiger charge is 2.46. The van der Waals surface area contributed by atoms with Crippen LogP contribution in [-0.2, 0) is 36.5 Å². The molecule has 1 spiro atoms. The van der Waals surface area contributed by atoms with E-state index in [1.807, 2.05) is 6.07 Å². The molecule has 2 aromatic carbocycles. The van der Waals surface area contributed by atoms with Crippen molar-refractivity contribution in [3.63, 3.8) is 0 Å². The lowest BCUT2D eigenvalue weighted by atomic mass is 9.68. The van der Waals surface area contributed by atoms with Gasteiger partial charge in [-0.2, -0.15) is 0 Å². The normalized spacial score (nSPS) is 31.2. The molecule has 0 radical (unpaired) electrons. The van der Waals surface area contributed by atoms with E-state index in [1.54, 1.807) is 25.2 Å². The van der Waals surface area contributed by atoms with Crippen LogP contribution in [0.3, 0.4) is 0 Å². The zero-order chi connectivity index (χ0) is 34.9. The molecule has 3 aliphatic heterocycles. The first-order chi connectivity index (χ1) is 24.1. The molecular formula is C39H50ClN3O7. The zero-order valence-electron chi connectivity index (χ0n) is 29.0. The summed E-state index contributed by atoms with van der Waals surface area (Å²) in [6.45, 7) is 7.13. The Kier molecular flexibility index (Phi) is 10.5. The molecule has 5 atom stereocenters. The molecule has 2 N–H and O–H groups in total. The number of aryl methyl sites for hydroxylation is 1. The van der Waals surface area contributed by atoms with Crippen LogP contribution in [0.2, 0.25) is 5.02 Å². The maximum Gasteiger partial charge on any atom is 0.340 e. The fourth-order valence-corrected chi connectivity index (χ4v) is 8.85. The van der Waals surface area contributed by atoms with Gasteiger partial charge in [0.25, 0.3) is 0 Å². The van der Waals surface area contributed by atoms with Gasteiger partial charge in [-0.1, -0.05) is 35.9 Å². The number of morpholine rings is 1. The van der Waals surface area contributed by atoms with Gasteiger partial charge >= 0.3 is 5.97 Å². The van der Waals surface area contributed by atoms with Gasteiger partial charge in [-0.3, -0.25) is 9.69 Å². The molecule has 10 nitrogen and oxygen atoms in total. The van der Waals surface area contributed by atoms with Gasteiger partial charge in [0.15, 0.2) is 5.60 Å². The van der Waals surface area contributed by atoms with Crippen molar-refractivity contribution in [3.8, 4) is 5.75 Å². The zero-order valence-corrected chi connectivity index (χ0v) is 29.8. The summed E-state index contributed by atoms with van der Waals surface area (Å²) >= 11 is 6.46. The lowest BCUT2D eigenvalue weighted by Gasteiger charge is -2.46. The van der Waals surface area contributed by atoms with Gasteiger partial charge in [-0.25, -0.2) is 4.79 Å². The third-order valence-electron chi connectivity index (χ3n) is 11.8. The average molecular weight is 708 g/mol. The molecule has 50 heavy (non-hydrogen) atoms. The number of carboxylic acids is 1. The summed E-state index contributed by atoms with van der Waals surface area (Å²) in [5.74, 6) is -0.593. The summed E-state index contributed by atoms with van der Waals surface area (Å²) in [5, 5.41) is 22.8. The maximum absolute atomic E-state index is 13.4. The SMILES string of the molecule is CN1CC/C=C\[C@H](OCCN2CCOCC2)[C@@H]2CC[C@H]2CN2C[C@@]3(CCCc4cc(Cl)ccc43)COc3ccc(cc32)[C@@](O)(C(=O)O)CC1=O. The van der Waals surface area contributed by atoms with Crippen LogP contribution < -0.4 is 9.64 Å².